The van der Waals surface area contributed by atoms with E-state index in [1.807, 2.05) is 13.8 Å². The zero-order valence-corrected chi connectivity index (χ0v) is 11.5. The summed E-state index contributed by atoms with van der Waals surface area (Å²) < 4.78 is 5.30. The molecule has 1 aromatic rings. The summed E-state index contributed by atoms with van der Waals surface area (Å²) in [5.41, 5.74) is 0.0632. The van der Waals surface area contributed by atoms with Crippen molar-refractivity contribution in [3.63, 3.8) is 0 Å². The summed E-state index contributed by atoms with van der Waals surface area (Å²) in [7, 11) is 0. The highest BCUT2D eigenvalue weighted by atomic mass is 32.1. The second kappa shape index (κ2) is 5.25. The summed E-state index contributed by atoms with van der Waals surface area (Å²) in [6.45, 7) is 10.9. The van der Waals surface area contributed by atoms with Gasteiger partial charge in [0.15, 0.2) is 0 Å². The van der Waals surface area contributed by atoms with Crippen LogP contribution in [0.3, 0.4) is 0 Å². The van der Waals surface area contributed by atoms with E-state index in [-0.39, 0.29) is 0 Å². The number of thiazole rings is 1. The lowest BCUT2D eigenvalue weighted by atomic mass is 10.0. The van der Waals surface area contributed by atoms with Gasteiger partial charge in [-0.25, -0.2) is 4.98 Å². The quantitative estimate of drug-likeness (QED) is 0.824. The van der Waals surface area contributed by atoms with Gasteiger partial charge >= 0.3 is 0 Å². The fraction of sp³-hybridized carbons (Fsp3) is 0.750. The number of ether oxygens (including phenoxy) is 1. The second-order valence-corrected chi connectivity index (χ2v) is 5.28. The average molecular weight is 243 g/mol. The van der Waals surface area contributed by atoms with Crippen LogP contribution in [0.25, 0.3) is 0 Å². The average Bonchev–Trinajstić information content (AvgIpc) is 2.66. The van der Waals surface area contributed by atoms with Gasteiger partial charge in [0.25, 0.3) is 0 Å². The first-order chi connectivity index (χ1) is 7.50. The van der Waals surface area contributed by atoms with Gasteiger partial charge in [0.05, 0.1) is 28.8 Å². The number of nitrogens with zero attached hydrogens (tertiary/aromatic N) is 1. The largest absolute Gasteiger partial charge is 0.382 e. The standard InChI is InChI=1S/C10H15NO2S.C2H6/c1-6(2)9-11-7-4-13-5-10(3,12)8(7)14-9;1-2/h6,12H,4-5H2,1-3H3;1-2H3. The predicted octanol–water partition coefficient (Wildman–Crippen LogP) is 3.03. The molecule has 0 spiro atoms. The fourth-order valence-corrected chi connectivity index (χ4v) is 2.65. The van der Waals surface area contributed by atoms with Crippen molar-refractivity contribution >= 4 is 11.3 Å². The second-order valence-electron chi connectivity index (χ2n) is 4.25. The Bertz CT molecular complexity index is 345. The monoisotopic (exact) mass is 243 g/mol. The van der Waals surface area contributed by atoms with Crippen molar-refractivity contribution in [2.75, 3.05) is 6.61 Å². The lowest BCUT2D eigenvalue weighted by molar-refractivity contribution is -0.0586. The van der Waals surface area contributed by atoms with E-state index in [1.54, 1.807) is 18.3 Å². The topological polar surface area (TPSA) is 42.4 Å². The molecule has 0 fully saturated rings. The minimum absolute atomic E-state index is 0.375. The molecule has 0 radical (unpaired) electrons. The van der Waals surface area contributed by atoms with Crippen molar-refractivity contribution in [1.29, 1.82) is 0 Å². The molecule has 1 aliphatic rings. The summed E-state index contributed by atoms with van der Waals surface area (Å²) >= 11 is 1.61. The normalized spacial score (nSPS) is 23.7. The smallest absolute Gasteiger partial charge is 0.121 e. The predicted molar refractivity (Wildman–Crippen MR) is 66.8 cm³/mol. The van der Waals surface area contributed by atoms with Gasteiger partial charge in [-0.05, 0) is 6.92 Å². The van der Waals surface area contributed by atoms with E-state index >= 15 is 0 Å². The van der Waals surface area contributed by atoms with Gasteiger partial charge < -0.3 is 9.84 Å². The maximum Gasteiger partial charge on any atom is 0.121 e. The van der Waals surface area contributed by atoms with Crippen LogP contribution in [-0.4, -0.2) is 16.7 Å². The third kappa shape index (κ3) is 2.62. The van der Waals surface area contributed by atoms with Gasteiger partial charge in [0, 0.05) is 5.92 Å². The third-order valence-corrected chi connectivity index (χ3v) is 3.97. The Hall–Kier alpha value is -0.450. The van der Waals surface area contributed by atoms with Crippen molar-refractivity contribution in [2.24, 2.45) is 0 Å². The maximum atomic E-state index is 10.1. The molecule has 0 saturated heterocycles. The highest BCUT2D eigenvalue weighted by Gasteiger charge is 2.34. The molecular formula is C12H21NO2S. The molecule has 0 amide bonds. The highest BCUT2D eigenvalue weighted by molar-refractivity contribution is 7.12. The van der Waals surface area contributed by atoms with Gasteiger partial charge in [-0.2, -0.15) is 0 Å². The number of fused-ring (bicyclic) bond motifs is 1. The van der Waals surface area contributed by atoms with Crippen LogP contribution in [0.5, 0.6) is 0 Å². The Balaban J connectivity index is 0.000000606. The van der Waals surface area contributed by atoms with Gasteiger partial charge in [-0.1, -0.05) is 27.7 Å². The number of rotatable bonds is 1. The van der Waals surface area contributed by atoms with Gasteiger partial charge in [-0.3, -0.25) is 0 Å². The van der Waals surface area contributed by atoms with Crippen molar-refractivity contribution < 1.29 is 9.84 Å². The molecule has 16 heavy (non-hydrogen) atoms. The van der Waals surface area contributed by atoms with E-state index < -0.39 is 5.60 Å². The van der Waals surface area contributed by atoms with Crippen LogP contribution in [0.15, 0.2) is 0 Å². The molecule has 1 unspecified atom stereocenters. The van der Waals surface area contributed by atoms with Crippen molar-refractivity contribution in [1.82, 2.24) is 4.98 Å². The molecule has 1 N–H and O–H groups in total. The van der Waals surface area contributed by atoms with Gasteiger partial charge in [-0.15, -0.1) is 11.3 Å². The lowest BCUT2D eigenvalue weighted by Crippen LogP contribution is -2.31. The Labute approximate surface area is 101 Å². The summed E-state index contributed by atoms with van der Waals surface area (Å²) in [5.74, 6) is 0.418. The van der Waals surface area contributed by atoms with Crippen molar-refractivity contribution in [3.05, 3.63) is 15.6 Å². The first-order valence-electron chi connectivity index (χ1n) is 5.81. The molecule has 0 aliphatic carbocycles. The molecule has 0 aromatic carbocycles. The van der Waals surface area contributed by atoms with E-state index in [9.17, 15) is 5.11 Å². The van der Waals surface area contributed by atoms with Gasteiger partial charge in [0.1, 0.15) is 5.60 Å². The molecule has 0 saturated carbocycles. The summed E-state index contributed by atoms with van der Waals surface area (Å²) in [5, 5.41) is 11.2. The first kappa shape index (κ1) is 13.6. The number of hydrogen-bond acceptors (Lipinski definition) is 4. The molecule has 1 aliphatic heterocycles. The molecule has 2 rings (SSSR count). The van der Waals surface area contributed by atoms with E-state index in [1.165, 1.54) is 0 Å². The summed E-state index contributed by atoms with van der Waals surface area (Å²) in [6, 6.07) is 0. The Morgan fingerprint density at radius 3 is 2.56 bits per heavy atom. The zero-order chi connectivity index (χ0) is 12.3. The molecule has 0 bridgehead atoms. The molecular weight excluding hydrogens is 222 g/mol. The van der Waals surface area contributed by atoms with Crippen LogP contribution in [0, 0.1) is 0 Å². The van der Waals surface area contributed by atoms with Gasteiger partial charge in [0.2, 0.25) is 0 Å². The lowest BCUT2D eigenvalue weighted by Gasteiger charge is -2.26. The molecule has 92 valence electrons. The summed E-state index contributed by atoms with van der Waals surface area (Å²) in [6.07, 6.45) is 0. The van der Waals surface area contributed by atoms with Crippen LogP contribution in [-0.2, 0) is 16.9 Å². The molecule has 2 heterocycles. The molecule has 1 aromatic heterocycles. The number of hydrogen-bond donors (Lipinski definition) is 1. The van der Waals surface area contributed by atoms with Crippen LogP contribution in [0.2, 0.25) is 0 Å². The number of aliphatic hydroxyl groups is 1. The minimum Gasteiger partial charge on any atom is -0.382 e. The maximum absolute atomic E-state index is 10.1. The highest BCUT2D eigenvalue weighted by Crippen LogP contribution is 2.36. The molecule has 1 atom stereocenters. The van der Waals surface area contributed by atoms with Crippen molar-refractivity contribution in [3.8, 4) is 0 Å². The number of aromatic nitrogens is 1. The van der Waals surface area contributed by atoms with Crippen LogP contribution in [0.1, 0.15) is 56.1 Å². The molecule has 3 nitrogen and oxygen atoms in total. The third-order valence-electron chi connectivity index (χ3n) is 2.32. The van der Waals surface area contributed by atoms with E-state index in [2.05, 4.69) is 18.8 Å². The molecule has 4 heteroatoms. The van der Waals surface area contributed by atoms with Crippen LogP contribution < -0.4 is 0 Å². The first-order valence-corrected chi connectivity index (χ1v) is 6.62. The fourth-order valence-electron chi connectivity index (χ4n) is 1.55. The minimum atomic E-state index is -0.849. The Kier molecular flexibility index (Phi) is 4.47. The SMILES string of the molecule is CC.CC(C)c1nc2c(s1)C(C)(O)COC2. The summed E-state index contributed by atoms with van der Waals surface area (Å²) in [4.78, 5) is 5.46. The Morgan fingerprint density at radius 2 is 2.06 bits per heavy atom. The zero-order valence-electron chi connectivity index (χ0n) is 10.7. The van der Waals surface area contributed by atoms with Crippen molar-refractivity contribution in [2.45, 2.75) is 52.7 Å². The Morgan fingerprint density at radius 1 is 1.44 bits per heavy atom. The van der Waals surface area contributed by atoms with E-state index in [4.69, 9.17) is 4.74 Å². The van der Waals surface area contributed by atoms with Crippen LogP contribution >= 0.6 is 11.3 Å². The van der Waals surface area contributed by atoms with E-state index in [0.717, 1.165) is 15.6 Å². The van der Waals surface area contributed by atoms with Crippen LogP contribution in [0.4, 0.5) is 0 Å². The van der Waals surface area contributed by atoms with E-state index in [0.29, 0.717) is 19.1 Å².